The van der Waals surface area contributed by atoms with Gasteiger partial charge >= 0.3 is 12.1 Å². The molecule has 0 unspecified atom stereocenters. The van der Waals surface area contributed by atoms with Gasteiger partial charge in [0.05, 0.1) is 15.8 Å². The van der Waals surface area contributed by atoms with Crippen molar-refractivity contribution in [2.24, 2.45) is 0 Å². The summed E-state index contributed by atoms with van der Waals surface area (Å²) in [6.07, 6.45) is -5.71. The van der Waals surface area contributed by atoms with Crippen molar-refractivity contribution >= 4 is 34.9 Å². The molecule has 114 valence electrons. The second kappa shape index (κ2) is 6.36. The summed E-state index contributed by atoms with van der Waals surface area (Å²) in [6.45, 7) is 0. The Balaban J connectivity index is 3.15. The average Bonchev–Trinajstić information content (AvgIpc) is 2.32. The van der Waals surface area contributed by atoms with Crippen LogP contribution in [0.4, 0.5) is 13.2 Å². The van der Waals surface area contributed by atoms with E-state index >= 15 is 0 Å². The van der Waals surface area contributed by atoms with E-state index in [0.29, 0.717) is 0 Å². The molecule has 0 fully saturated rings. The number of aliphatic hydroxyl groups excluding tert-OH is 1. The molecule has 0 spiro atoms. The van der Waals surface area contributed by atoms with Crippen LogP contribution in [-0.4, -0.2) is 28.1 Å². The average molecular weight is 342 g/mol. The lowest BCUT2D eigenvalue weighted by Crippen LogP contribution is -2.23. The zero-order valence-electron chi connectivity index (χ0n) is 10.1. The van der Waals surface area contributed by atoms with Crippen LogP contribution in [0, 0.1) is 5.41 Å². The van der Waals surface area contributed by atoms with E-state index in [4.69, 9.17) is 38.8 Å². The van der Waals surface area contributed by atoms with Crippen molar-refractivity contribution in [2.75, 3.05) is 0 Å². The molecule has 0 aliphatic carbocycles. The van der Waals surface area contributed by atoms with Crippen LogP contribution in [0.5, 0.6) is 0 Å². The predicted octanol–water partition coefficient (Wildman–Crippen LogP) is 4.01. The molecular weight excluding hydrogens is 334 g/mol. The van der Waals surface area contributed by atoms with Gasteiger partial charge < -0.3 is 15.6 Å². The number of carboxylic acids is 1. The number of halogens is 5. The first kappa shape index (κ1) is 17.3. The van der Waals surface area contributed by atoms with Crippen LogP contribution in [0.1, 0.15) is 5.56 Å². The molecule has 4 nitrogen and oxygen atoms in total. The monoisotopic (exact) mass is 341 g/mol. The van der Waals surface area contributed by atoms with E-state index in [1.165, 1.54) is 18.2 Å². The minimum atomic E-state index is -5.25. The molecule has 1 rings (SSSR count). The molecule has 0 radical (unpaired) electrons. The summed E-state index contributed by atoms with van der Waals surface area (Å²) in [5, 5.41) is 25.5. The Morgan fingerprint density at radius 2 is 1.76 bits per heavy atom. The van der Waals surface area contributed by atoms with Gasteiger partial charge in [0.25, 0.3) is 0 Å². The molecule has 0 atom stereocenters. The van der Waals surface area contributed by atoms with Gasteiger partial charge in [0.15, 0.2) is 0 Å². The fourth-order valence-corrected chi connectivity index (χ4v) is 1.78. The number of allylic oxidation sites excluding steroid dienone is 1. The van der Waals surface area contributed by atoms with Gasteiger partial charge in [-0.3, -0.25) is 0 Å². The SMILES string of the molecule is N=C(Cc1ccc(Cl)c(Cl)c1)C(C(=O)O)=C(O)C(F)(F)F. The van der Waals surface area contributed by atoms with Gasteiger partial charge in [0.2, 0.25) is 5.76 Å². The van der Waals surface area contributed by atoms with Gasteiger partial charge in [-0.15, -0.1) is 0 Å². The van der Waals surface area contributed by atoms with E-state index in [2.05, 4.69) is 0 Å². The number of hydrogen-bond acceptors (Lipinski definition) is 3. The largest absolute Gasteiger partial charge is 0.504 e. The van der Waals surface area contributed by atoms with E-state index in [1.807, 2.05) is 0 Å². The molecule has 0 saturated heterocycles. The van der Waals surface area contributed by atoms with Gasteiger partial charge in [-0.2, -0.15) is 13.2 Å². The maximum atomic E-state index is 12.4. The molecule has 21 heavy (non-hydrogen) atoms. The van der Waals surface area contributed by atoms with Crippen molar-refractivity contribution in [1.29, 1.82) is 5.41 Å². The second-order valence-electron chi connectivity index (χ2n) is 3.93. The molecule has 0 amide bonds. The quantitative estimate of drug-likeness (QED) is 0.439. The van der Waals surface area contributed by atoms with Crippen molar-refractivity contribution in [3.05, 3.63) is 45.1 Å². The lowest BCUT2D eigenvalue weighted by molar-refractivity contribution is -0.137. The third kappa shape index (κ3) is 4.37. The number of rotatable bonds is 4. The molecule has 9 heteroatoms. The van der Waals surface area contributed by atoms with Crippen molar-refractivity contribution in [2.45, 2.75) is 12.6 Å². The summed E-state index contributed by atoms with van der Waals surface area (Å²) in [4.78, 5) is 10.8. The first-order valence-electron chi connectivity index (χ1n) is 5.29. The number of benzene rings is 1. The van der Waals surface area contributed by atoms with Crippen molar-refractivity contribution < 1.29 is 28.2 Å². The molecule has 1 aromatic rings. The van der Waals surface area contributed by atoms with Crippen LogP contribution >= 0.6 is 23.2 Å². The van der Waals surface area contributed by atoms with Gasteiger partial charge in [-0.05, 0) is 17.7 Å². The Bertz CT molecular complexity index is 627. The fraction of sp³-hybridized carbons (Fsp3) is 0.167. The minimum Gasteiger partial charge on any atom is -0.504 e. The van der Waals surface area contributed by atoms with E-state index in [1.54, 1.807) is 0 Å². The van der Waals surface area contributed by atoms with Crippen LogP contribution in [0.3, 0.4) is 0 Å². The number of nitrogens with one attached hydrogen (secondary N) is 1. The molecule has 1 aromatic carbocycles. The van der Waals surface area contributed by atoms with Crippen molar-refractivity contribution in [3.8, 4) is 0 Å². The molecular formula is C12H8Cl2F3NO3. The Kier molecular flexibility index (Phi) is 5.25. The summed E-state index contributed by atoms with van der Waals surface area (Å²) in [5.74, 6) is -4.37. The maximum Gasteiger partial charge on any atom is 0.449 e. The minimum absolute atomic E-state index is 0.114. The highest BCUT2D eigenvalue weighted by atomic mass is 35.5. The highest BCUT2D eigenvalue weighted by Crippen LogP contribution is 2.28. The molecule has 0 bridgehead atoms. The van der Waals surface area contributed by atoms with Crippen LogP contribution in [0.15, 0.2) is 29.5 Å². The molecule has 0 heterocycles. The lowest BCUT2D eigenvalue weighted by Gasteiger charge is -2.11. The van der Waals surface area contributed by atoms with Gasteiger partial charge in [0.1, 0.15) is 5.57 Å². The summed E-state index contributed by atoms with van der Waals surface area (Å²) >= 11 is 11.4. The van der Waals surface area contributed by atoms with E-state index in [9.17, 15) is 18.0 Å². The highest BCUT2D eigenvalue weighted by molar-refractivity contribution is 6.42. The Morgan fingerprint density at radius 3 is 2.19 bits per heavy atom. The Morgan fingerprint density at radius 1 is 1.19 bits per heavy atom. The smallest absolute Gasteiger partial charge is 0.449 e. The van der Waals surface area contributed by atoms with Crippen LogP contribution in [0.25, 0.3) is 0 Å². The summed E-state index contributed by atoms with van der Waals surface area (Å²) in [5.41, 5.74) is -2.13. The van der Waals surface area contributed by atoms with Gasteiger partial charge in [-0.1, -0.05) is 29.3 Å². The highest BCUT2D eigenvalue weighted by Gasteiger charge is 2.39. The van der Waals surface area contributed by atoms with Gasteiger partial charge in [-0.25, -0.2) is 4.79 Å². The van der Waals surface area contributed by atoms with E-state index < -0.39 is 35.6 Å². The van der Waals surface area contributed by atoms with Crippen LogP contribution < -0.4 is 0 Å². The third-order valence-corrected chi connectivity index (χ3v) is 3.12. The van der Waals surface area contributed by atoms with E-state index in [0.717, 1.165) is 0 Å². The number of hydrogen-bond donors (Lipinski definition) is 3. The molecule has 0 aliphatic rings. The summed E-state index contributed by atoms with van der Waals surface area (Å²) in [7, 11) is 0. The fourth-order valence-electron chi connectivity index (χ4n) is 1.46. The first-order chi connectivity index (χ1) is 9.54. The topological polar surface area (TPSA) is 81.4 Å². The number of carbonyl (C=O) groups is 1. The molecule has 0 saturated carbocycles. The van der Waals surface area contributed by atoms with E-state index in [-0.39, 0.29) is 15.6 Å². The summed E-state index contributed by atoms with van der Waals surface area (Å²) < 4.78 is 37.1. The number of aliphatic carboxylic acids is 1. The van der Waals surface area contributed by atoms with Crippen molar-refractivity contribution in [1.82, 2.24) is 0 Å². The van der Waals surface area contributed by atoms with Crippen LogP contribution in [-0.2, 0) is 11.2 Å². The number of aliphatic hydroxyl groups is 1. The third-order valence-electron chi connectivity index (χ3n) is 2.39. The Labute approximate surface area is 126 Å². The van der Waals surface area contributed by atoms with Crippen LogP contribution in [0.2, 0.25) is 10.0 Å². The standard InChI is InChI=1S/C12H8Cl2F3NO3/c13-6-2-1-5(3-7(6)14)4-8(18)9(11(20)21)10(19)12(15,16)17/h1-3,18-19H,4H2,(H,20,21). The predicted molar refractivity (Wildman–Crippen MR) is 71.2 cm³/mol. The first-order valence-corrected chi connectivity index (χ1v) is 6.05. The molecule has 0 aromatic heterocycles. The zero-order valence-corrected chi connectivity index (χ0v) is 11.6. The Hall–Kier alpha value is -1.73. The van der Waals surface area contributed by atoms with Crippen molar-refractivity contribution in [3.63, 3.8) is 0 Å². The zero-order chi connectivity index (χ0) is 16.4. The lowest BCUT2D eigenvalue weighted by atomic mass is 10.0. The summed E-state index contributed by atoms with van der Waals surface area (Å²) in [6, 6.07) is 4.04. The number of alkyl halides is 3. The van der Waals surface area contributed by atoms with Gasteiger partial charge in [0, 0.05) is 6.42 Å². The molecule has 3 N–H and O–H groups in total. The second-order valence-corrected chi connectivity index (χ2v) is 4.74. The normalized spacial score (nSPS) is 12.8. The number of carboxylic acid groups (broad SMARTS) is 1. The molecule has 0 aliphatic heterocycles. The maximum absolute atomic E-state index is 12.4.